The van der Waals surface area contributed by atoms with Crippen molar-refractivity contribution in [1.82, 2.24) is 4.57 Å². The minimum Gasteiger partial charge on any atom is -0.453 e. The first-order valence-corrected chi connectivity index (χ1v) is 8.10. The van der Waals surface area contributed by atoms with E-state index in [-0.39, 0.29) is 5.91 Å². The Kier molecular flexibility index (Phi) is 5.34. The second-order valence-electron chi connectivity index (χ2n) is 5.70. The highest BCUT2D eigenvalue weighted by molar-refractivity contribution is 6.04. The van der Waals surface area contributed by atoms with Crippen LogP contribution in [0.25, 0.3) is 0 Å². The first-order chi connectivity index (χ1) is 12.6. The maximum absolute atomic E-state index is 12.4. The second-order valence-corrected chi connectivity index (χ2v) is 5.70. The van der Waals surface area contributed by atoms with E-state index in [0.717, 1.165) is 12.1 Å². The molecule has 0 spiro atoms. The molecule has 6 nitrogen and oxygen atoms in total. The first kappa shape index (κ1) is 17.3. The zero-order valence-electron chi connectivity index (χ0n) is 14.3. The van der Waals surface area contributed by atoms with Crippen LogP contribution in [0.15, 0.2) is 73.1 Å². The highest BCUT2D eigenvalue weighted by atomic mass is 16.5. The number of anilines is 2. The fourth-order valence-electron chi connectivity index (χ4n) is 2.49. The summed E-state index contributed by atoms with van der Waals surface area (Å²) in [5.74, 6) is -0.215. The molecular weight excluding hydrogens is 330 g/mol. The zero-order valence-corrected chi connectivity index (χ0v) is 14.3. The zero-order chi connectivity index (χ0) is 18.4. The number of amides is 2. The molecule has 0 aliphatic carbocycles. The van der Waals surface area contributed by atoms with Gasteiger partial charge < -0.3 is 14.6 Å². The summed E-state index contributed by atoms with van der Waals surface area (Å²) in [4.78, 5) is 23.7. The second kappa shape index (κ2) is 8.02. The van der Waals surface area contributed by atoms with Gasteiger partial charge in [0, 0.05) is 35.9 Å². The molecule has 26 heavy (non-hydrogen) atoms. The number of methoxy groups -OCH3 is 1. The Morgan fingerprint density at radius 3 is 2.23 bits per heavy atom. The SMILES string of the molecule is COC(=O)Nc1cccc(NC(=O)c2ccc(Cn3cccc3)cc2)c1. The number of rotatable bonds is 5. The molecule has 6 heteroatoms. The number of hydrogen-bond donors (Lipinski definition) is 2. The van der Waals surface area contributed by atoms with Crippen LogP contribution in [-0.2, 0) is 11.3 Å². The summed E-state index contributed by atoms with van der Waals surface area (Å²) in [6.45, 7) is 0.760. The van der Waals surface area contributed by atoms with E-state index in [4.69, 9.17) is 0 Å². The van der Waals surface area contributed by atoms with Crippen molar-refractivity contribution in [2.45, 2.75) is 6.54 Å². The summed E-state index contributed by atoms with van der Waals surface area (Å²) >= 11 is 0. The number of benzene rings is 2. The van der Waals surface area contributed by atoms with Crippen molar-refractivity contribution in [3.05, 3.63) is 84.2 Å². The summed E-state index contributed by atoms with van der Waals surface area (Å²) in [6, 6.07) is 18.3. The van der Waals surface area contributed by atoms with Gasteiger partial charge in [-0.1, -0.05) is 18.2 Å². The molecule has 3 rings (SSSR count). The van der Waals surface area contributed by atoms with Crippen LogP contribution in [-0.4, -0.2) is 23.7 Å². The lowest BCUT2D eigenvalue weighted by molar-refractivity contribution is 0.102. The van der Waals surface area contributed by atoms with Crippen molar-refractivity contribution >= 4 is 23.4 Å². The Morgan fingerprint density at radius 2 is 1.58 bits per heavy atom. The molecule has 2 N–H and O–H groups in total. The minimum absolute atomic E-state index is 0.215. The van der Waals surface area contributed by atoms with Crippen molar-refractivity contribution in [2.24, 2.45) is 0 Å². The lowest BCUT2D eigenvalue weighted by atomic mass is 10.1. The normalized spacial score (nSPS) is 10.2. The number of nitrogens with one attached hydrogen (secondary N) is 2. The van der Waals surface area contributed by atoms with Crippen molar-refractivity contribution < 1.29 is 14.3 Å². The van der Waals surface area contributed by atoms with E-state index in [9.17, 15) is 9.59 Å². The van der Waals surface area contributed by atoms with Crippen molar-refractivity contribution in [1.29, 1.82) is 0 Å². The molecule has 132 valence electrons. The molecule has 0 unspecified atom stereocenters. The number of aromatic nitrogens is 1. The lowest BCUT2D eigenvalue weighted by Crippen LogP contribution is -2.13. The molecule has 0 aliphatic heterocycles. The monoisotopic (exact) mass is 349 g/mol. The van der Waals surface area contributed by atoms with Crippen LogP contribution in [0.2, 0.25) is 0 Å². The largest absolute Gasteiger partial charge is 0.453 e. The smallest absolute Gasteiger partial charge is 0.411 e. The van der Waals surface area contributed by atoms with E-state index >= 15 is 0 Å². The Morgan fingerprint density at radius 1 is 0.923 bits per heavy atom. The minimum atomic E-state index is -0.563. The van der Waals surface area contributed by atoms with Crippen molar-refractivity contribution in [2.75, 3.05) is 17.7 Å². The molecule has 0 saturated carbocycles. The maximum atomic E-state index is 12.4. The van der Waals surface area contributed by atoms with Gasteiger partial charge in [0.15, 0.2) is 0 Å². The van der Waals surface area contributed by atoms with Crippen molar-refractivity contribution in [3.63, 3.8) is 0 Å². The molecule has 1 aromatic heterocycles. The summed E-state index contributed by atoms with van der Waals surface area (Å²) in [6.07, 6.45) is 3.43. The molecule has 2 aromatic carbocycles. The third-order valence-electron chi connectivity index (χ3n) is 3.80. The fraction of sp³-hybridized carbons (Fsp3) is 0.100. The highest BCUT2D eigenvalue weighted by Crippen LogP contribution is 2.17. The average molecular weight is 349 g/mol. The fourth-order valence-corrected chi connectivity index (χ4v) is 2.49. The third kappa shape index (κ3) is 4.51. The van der Waals surface area contributed by atoms with E-state index in [0.29, 0.717) is 16.9 Å². The van der Waals surface area contributed by atoms with Crippen LogP contribution < -0.4 is 10.6 Å². The number of carbonyl (C=O) groups is 2. The van der Waals surface area contributed by atoms with Gasteiger partial charge in [-0.2, -0.15) is 0 Å². The third-order valence-corrected chi connectivity index (χ3v) is 3.80. The van der Waals surface area contributed by atoms with E-state index in [1.165, 1.54) is 7.11 Å². The predicted molar refractivity (Wildman–Crippen MR) is 100 cm³/mol. The average Bonchev–Trinajstić information content (AvgIpc) is 3.15. The summed E-state index contributed by atoms with van der Waals surface area (Å²) in [7, 11) is 1.29. The first-order valence-electron chi connectivity index (χ1n) is 8.10. The van der Waals surface area contributed by atoms with Gasteiger partial charge in [0.25, 0.3) is 5.91 Å². The van der Waals surface area contributed by atoms with Crippen LogP contribution in [0, 0.1) is 0 Å². The van der Waals surface area contributed by atoms with Gasteiger partial charge in [0.1, 0.15) is 0 Å². The molecule has 0 bridgehead atoms. The van der Waals surface area contributed by atoms with Gasteiger partial charge in [-0.25, -0.2) is 4.79 Å². The van der Waals surface area contributed by atoms with E-state index < -0.39 is 6.09 Å². The van der Waals surface area contributed by atoms with Crippen LogP contribution in [0.3, 0.4) is 0 Å². The molecule has 0 saturated heterocycles. The van der Waals surface area contributed by atoms with E-state index in [2.05, 4.69) is 19.9 Å². The molecule has 2 amide bonds. The standard InChI is InChI=1S/C20H19N3O3/c1-26-20(25)22-18-6-4-5-17(13-18)21-19(24)16-9-7-15(8-10-16)14-23-11-2-3-12-23/h2-13H,14H2,1H3,(H,21,24)(H,22,25). The number of nitrogens with zero attached hydrogens (tertiary/aromatic N) is 1. The van der Waals surface area contributed by atoms with Crippen LogP contribution in [0.1, 0.15) is 15.9 Å². The molecule has 0 fully saturated rings. The maximum Gasteiger partial charge on any atom is 0.411 e. The van der Waals surface area contributed by atoms with Gasteiger partial charge >= 0.3 is 6.09 Å². The summed E-state index contributed by atoms with van der Waals surface area (Å²) in [5, 5.41) is 5.38. The van der Waals surface area contributed by atoms with Crippen molar-refractivity contribution in [3.8, 4) is 0 Å². The van der Waals surface area contributed by atoms with Crippen LogP contribution in [0.5, 0.6) is 0 Å². The number of ether oxygens (including phenoxy) is 1. The van der Waals surface area contributed by atoms with Gasteiger partial charge in [0.05, 0.1) is 7.11 Å². The van der Waals surface area contributed by atoms with Crippen LogP contribution in [0.4, 0.5) is 16.2 Å². The highest BCUT2D eigenvalue weighted by Gasteiger charge is 2.08. The van der Waals surface area contributed by atoms with Gasteiger partial charge in [-0.3, -0.25) is 10.1 Å². The molecular formula is C20H19N3O3. The van der Waals surface area contributed by atoms with Gasteiger partial charge in [0.2, 0.25) is 0 Å². The van der Waals surface area contributed by atoms with E-state index in [1.54, 1.807) is 36.4 Å². The molecule has 0 aliphatic rings. The Balaban J connectivity index is 1.64. The Bertz CT molecular complexity index is 887. The topological polar surface area (TPSA) is 72.4 Å². The predicted octanol–water partition coefficient (Wildman–Crippen LogP) is 3.97. The Hall–Kier alpha value is -3.54. The van der Waals surface area contributed by atoms with Gasteiger partial charge in [-0.05, 0) is 48.0 Å². The van der Waals surface area contributed by atoms with Crippen LogP contribution >= 0.6 is 0 Å². The molecule has 1 heterocycles. The number of hydrogen-bond acceptors (Lipinski definition) is 3. The Labute approximate surface area is 151 Å². The quantitative estimate of drug-likeness (QED) is 0.732. The van der Waals surface area contributed by atoms with Gasteiger partial charge in [-0.15, -0.1) is 0 Å². The lowest BCUT2D eigenvalue weighted by Gasteiger charge is -2.09. The van der Waals surface area contributed by atoms with E-state index in [1.807, 2.05) is 36.7 Å². The molecule has 0 radical (unpaired) electrons. The number of carbonyl (C=O) groups excluding carboxylic acids is 2. The molecule has 3 aromatic rings. The summed E-state index contributed by atoms with van der Waals surface area (Å²) < 4.78 is 6.62. The molecule has 0 atom stereocenters. The summed E-state index contributed by atoms with van der Waals surface area (Å²) in [5.41, 5.74) is 2.80.